The number of hydrogen-bond acceptors (Lipinski definition) is 3. The zero-order valence-electron chi connectivity index (χ0n) is 16.3. The number of nitrogens with one attached hydrogen (secondary N) is 2. The van der Waals surface area contributed by atoms with Crippen LogP contribution >= 0.6 is 35.6 Å². The Kier molecular flexibility index (Phi) is 10.5. The zero-order chi connectivity index (χ0) is 20.5. The first-order chi connectivity index (χ1) is 13.4. The Morgan fingerprint density at radius 3 is 2.17 bits per heavy atom. The molecule has 2 aromatic rings. The topological polar surface area (TPSA) is 99.8 Å². The van der Waals surface area contributed by atoms with Gasteiger partial charge in [-0.25, -0.2) is 0 Å². The summed E-state index contributed by atoms with van der Waals surface area (Å²) in [6.07, 6.45) is 0. The van der Waals surface area contributed by atoms with Crippen LogP contribution in [0.5, 0.6) is 0 Å². The second-order valence-corrected chi connectivity index (χ2v) is 6.67. The molecule has 0 spiro atoms. The molecular formula is C20H25ClIN5O2. The molecule has 0 saturated carbocycles. The molecule has 2 rings (SSSR count). The van der Waals surface area contributed by atoms with Crippen LogP contribution in [0.15, 0.2) is 53.5 Å². The number of carbonyl (C=O) groups excluding carboxylic acids is 2. The first kappa shape index (κ1) is 24.7. The Hall–Kier alpha value is -2.33. The summed E-state index contributed by atoms with van der Waals surface area (Å²) in [7, 11) is 3.68. The van der Waals surface area contributed by atoms with E-state index in [-0.39, 0.29) is 36.4 Å². The minimum absolute atomic E-state index is 0. The van der Waals surface area contributed by atoms with Crippen LogP contribution in [-0.4, -0.2) is 43.3 Å². The molecule has 0 aromatic heterocycles. The number of amides is 2. The molecule has 156 valence electrons. The van der Waals surface area contributed by atoms with Gasteiger partial charge in [-0.05, 0) is 35.4 Å². The molecule has 9 heteroatoms. The molecule has 4 N–H and O–H groups in total. The molecule has 0 saturated heterocycles. The highest BCUT2D eigenvalue weighted by molar-refractivity contribution is 14.0. The number of carbonyl (C=O) groups is 2. The first-order valence-corrected chi connectivity index (χ1v) is 9.08. The maximum Gasteiger partial charge on any atom is 0.251 e. The highest BCUT2D eigenvalue weighted by Gasteiger charge is 2.08. The van der Waals surface area contributed by atoms with Crippen molar-refractivity contribution in [2.24, 2.45) is 10.7 Å². The van der Waals surface area contributed by atoms with Gasteiger partial charge in [-0.15, -0.1) is 24.0 Å². The van der Waals surface area contributed by atoms with Gasteiger partial charge in [0.25, 0.3) is 5.91 Å². The number of halogens is 2. The van der Waals surface area contributed by atoms with Crippen LogP contribution < -0.4 is 16.4 Å². The van der Waals surface area contributed by atoms with E-state index in [0.717, 1.165) is 17.1 Å². The van der Waals surface area contributed by atoms with Crippen LogP contribution in [0.25, 0.3) is 0 Å². The van der Waals surface area contributed by atoms with Crippen molar-refractivity contribution in [1.82, 2.24) is 15.5 Å². The Balaban J connectivity index is 0.00000420. The van der Waals surface area contributed by atoms with Gasteiger partial charge in [0.2, 0.25) is 5.91 Å². The fourth-order valence-electron chi connectivity index (χ4n) is 2.55. The molecule has 0 fully saturated rings. The van der Waals surface area contributed by atoms with Crippen LogP contribution in [-0.2, 0) is 17.9 Å². The molecule has 0 heterocycles. The number of benzene rings is 2. The van der Waals surface area contributed by atoms with E-state index in [2.05, 4.69) is 15.6 Å². The van der Waals surface area contributed by atoms with Gasteiger partial charge < -0.3 is 21.3 Å². The predicted molar refractivity (Wildman–Crippen MR) is 127 cm³/mol. The molecule has 0 bridgehead atoms. The van der Waals surface area contributed by atoms with E-state index in [0.29, 0.717) is 23.7 Å². The van der Waals surface area contributed by atoms with Crippen LogP contribution in [0.1, 0.15) is 21.5 Å². The van der Waals surface area contributed by atoms with Crippen LogP contribution in [0.3, 0.4) is 0 Å². The summed E-state index contributed by atoms with van der Waals surface area (Å²) in [5, 5.41) is 6.46. The number of nitrogens with two attached hydrogens (primary N) is 1. The number of hydrogen-bond donors (Lipinski definition) is 3. The van der Waals surface area contributed by atoms with E-state index < -0.39 is 5.91 Å². The van der Waals surface area contributed by atoms with Crippen molar-refractivity contribution in [3.8, 4) is 0 Å². The lowest BCUT2D eigenvalue weighted by atomic mass is 10.1. The Morgan fingerprint density at radius 2 is 1.62 bits per heavy atom. The normalized spacial score (nSPS) is 10.7. The number of guanidine groups is 1. The summed E-state index contributed by atoms with van der Waals surface area (Å²) in [4.78, 5) is 28.9. The van der Waals surface area contributed by atoms with Gasteiger partial charge in [-0.1, -0.05) is 35.9 Å². The summed E-state index contributed by atoms with van der Waals surface area (Å²) in [6.45, 7) is 1.06. The molecule has 29 heavy (non-hydrogen) atoms. The highest BCUT2D eigenvalue weighted by Crippen LogP contribution is 2.11. The monoisotopic (exact) mass is 529 g/mol. The molecule has 2 aromatic carbocycles. The third-order valence-electron chi connectivity index (χ3n) is 4.00. The molecular weight excluding hydrogens is 505 g/mol. The Morgan fingerprint density at radius 1 is 1.03 bits per heavy atom. The van der Waals surface area contributed by atoms with Gasteiger partial charge in [0.15, 0.2) is 5.96 Å². The molecule has 0 radical (unpaired) electrons. The summed E-state index contributed by atoms with van der Waals surface area (Å²) < 4.78 is 0. The minimum atomic E-state index is -0.580. The summed E-state index contributed by atoms with van der Waals surface area (Å²) in [6, 6.07) is 14.8. The number of nitrogens with zero attached hydrogens (tertiary/aromatic N) is 2. The van der Waals surface area contributed by atoms with Crippen molar-refractivity contribution in [3.05, 3.63) is 70.2 Å². The maximum atomic E-state index is 11.9. The molecule has 2 amide bonds. The van der Waals surface area contributed by atoms with Gasteiger partial charge in [0, 0.05) is 37.8 Å². The second kappa shape index (κ2) is 12.3. The van der Waals surface area contributed by atoms with Crippen molar-refractivity contribution in [2.75, 3.05) is 20.6 Å². The average Bonchev–Trinajstić information content (AvgIpc) is 2.68. The van der Waals surface area contributed by atoms with Gasteiger partial charge in [-0.3, -0.25) is 14.6 Å². The van der Waals surface area contributed by atoms with E-state index >= 15 is 0 Å². The fourth-order valence-corrected chi connectivity index (χ4v) is 2.67. The standard InChI is InChI=1S/C20H24ClN5O2.HI/c1-23-20(26(2)13-15-5-9-17(21)10-6-15)25-11-14-3-7-16(8-4-14)19(28)24-12-18(22)27;/h3-10H,11-13H2,1-2H3,(H2,22,27)(H,23,25)(H,24,28);1H. The summed E-state index contributed by atoms with van der Waals surface area (Å²) >= 11 is 5.92. The van der Waals surface area contributed by atoms with Gasteiger partial charge >= 0.3 is 0 Å². The van der Waals surface area contributed by atoms with Crippen molar-refractivity contribution in [1.29, 1.82) is 0 Å². The van der Waals surface area contributed by atoms with E-state index in [1.807, 2.05) is 48.3 Å². The van der Waals surface area contributed by atoms with Crippen molar-refractivity contribution in [2.45, 2.75) is 13.1 Å². The molecule has 0 unspecified atom stereocenters. The zero-order valence-corrected chi connectivity index (χ0v) is 19.4. The van der Waals surface area contributed by atoms with E-state index in [1.165, 1.54) is 0 Å². The van der Waals surface area contributed by atoms with Gasteiger partial charge in [0.1, 0.15) is 0 Å². The third-order valence-corrected chi connectivity index (χ3v) is 4.25. The van der Waals surface area contributed by atoms with Gasteiger partial charge in [-0.2, -0.15) is 0 Å². The lowest BCUT2D eigenvalue weighted by Gasteiger charge is -2.22. The Bertz CT molecular complexity index is 841. The van der Waals surface area contributed by atoms with E-state index in [4.69, 9.17) is 17.3 Å². The first-order valence-electron chi connectivity index (χ1n) is 8.70. The highest BCUT2D eigenvalue weighted by atomic mass is 127. The average molecular weight is 530 g/mol. The molecule has 0 atom stereocenters. The van der Waals surface area contributed by atoms with Gasteiger partial charge in [0.05, 0.1) is 6.54 Å². The largest absolute Gasteiger partial charge is 0.368 e. The lowest BCUT2D eigenvalue weighted by molar-refractivity contribution is -0.117. The van der Waals surface area contributed by atoms with Crippen molar-refractivity contribution in [3.63, 3.8) is 0 Å². The molecule has 0 aliphatic heterocycles. The number of aliphatic imine (C=N–C) groups is 1. The fraction of sp³-hybridized carbons (Fsp3) is 0.250. The third kappa shape index (κ3) is 8.28. The second-order valence-electron chi connectivity index (χ2n) is 6.23. The molecule has 7 nitrogen and oxygen atoms in total. The number of rotatable bonds is 7. The lowest BCUT2D eigenvalue weighted by Crippen LogP contribution is -2.38. The quantitative estimate of drug-likeness (QED) is 0.291. The summed E-state index contributed by atoms with van der Waals surface area (Å²) in [5.41, 5.74) is 7.61. The molecule has 0 aliphatic carbocycles. The maximum absolute atomic E-state index is 11.9. The predicted octanol–water partition coefficient (Wildman–Crippen LogP) is 2.38. The Labute approximate surface area is 192 Å². The van der Waals surface area contributed by atoms with Crippen LogP contribution in [0, 0.1) is 0 Å². The molecule has 0 aliphatic rings. The minimum Gasteiger partial charge on any atom is -0.368 e. The van der Waals surface area contributed by atoms with Crippen LogP contribution in [0.4, 0.5) is 0 Å². The van der Waals surface area contributed by atoms with E-state index in [1.54, 1.807) is 19.2 Å². The van der Waals surface area contributed by atoms with E-state index in [9.17, 15) is 9.59 Å². The summed E-state index contributed by atoms with van der Waals surface area (Å²) in [5.74, 6) is -0.168. The number of primary amides is 1. The van der Waals surface area contributed by atoms with Crippen molar-refractivity contribution < 1.29 is 9.59 Å². The van der Waals surface area contributed by atoms with Crippen LogP contribution in [0.2, 0.25) is 5.02 Å². The smallest absolute Gasteiger partial charge is 0.251 e. The SMILES string of the molecule is CN=C(NCc1ccc(C(=O)NCC(N)=O)cc1)N(C)Cc1ccc(Cl)cc1.I. The van der Waals surface area contributed by atoms with Crippen molar-refractivity contribution >= 4 is 53.4 Å².